The molecule has 1 aliphatic rings. The maximum Gasteiger partial charge on any atom is 0.0175 e. The molecule has 0 nitrogen and oxygen atoms in total. The highest BCUT2D eigenvalue weighted by atomic mass is 79.9. The molecule has 0 spiro atoms. The highest BCUT2D eigenvalue weighted by molar-refractivity contribution is 9.10. The van der Waals surface area contributed by atoms with Crippen molar-refractivity contribution in [2.24, 2.45) is 5.92 Å². The molecular formula is C14H18Br. The minimum atomic E-state index is 0.971. The minimum Gasteiger partial charge on any atom is -0.0579 e. The predicted octanol–water partition coefficient (Wildman–Crippen LogP) is 4.78. The first-order valence-electron chi connectivity index (χ1n) is 5.91. The van der Waals surface area contributed by atoms with E-state index in [0.29, 0.717) is 0 Å². The van der Waals surface area contributed by atoms with Crippen molar-refractivity contribution < 1.29 is 0 Å². The van der Waals surface area contributed by atoms with Crippen LogP contribution in [-0.2, 0) is 6.42 Å². The lowest BCUT2D eigenvalue weighted by Gasteiger charge is -2.21. The lowest BCUT2D eigenvalue weighted by atomic mass is 9.85. The highest BCUT2D eigenvalue weighted by Gasteiger charge is 2.12. The van der Waals surface area contributed by atoms with Crippen LogP contribution in [0.5, 0.6) is 0 Å². The summed E-state index contributed by atoms with van der Waals surface area (Å²) >= 11 is 3.47. The molecule has 1 aromatic carbocycles. The molecule has 0 aliphatic heterocycles. The topological polar surface area (TPSA) is 0 Å². The number of halogens is 1. The zero-order chi connectivity index (χ0) is 10.5. The summed E-state index contributed by atoms with van der Waals surface area (Å²) in [5, 5.41) is 0. The summed E-state index contributed by atoms with van der Waals surface area (Å²) in [4.78, 5) is 0. The van der Waals surface area contributed by atoms with E-state index in [1.165, 1.54) is 48.6 Å². The third-order valence-electron chi connectivity index (χ3n) is 3.31. The molecule has 0 saturated heterocycles. The first kappa shape index (κ1) is 11.2. The number of benzene rings is 1. The van der Waals surface area contributed by atoms with E-state index in [4.69, 9.17) is 0 Å². The van der Waals surface area contributed by atoms with E-state index >= 15 is 0 Å². The van der Waals surface area contributed by atoms with Crippen LogP contribution in [0.1, 0.15) is 37.7 Å². The summed E-state index contributed by atoms with van der Waals surface area (Å²) < 4.78 is 1.18. The van der Waals surface area contributed by atoms with Crippen molar-refractivity contribution in [3.8, 4) is 0 Å². The van der Waals surface area contributed by atoms with E-state index in [2.05, 4.69) is 46.6 Å². The molecule has 0 amide bonds. The number of hydrogen-bond acceptors (Lipinski definition) is 0. The van der Waals surface area contributed by atoms with Gasteiger partial charge in [0.15, 0.2) is 0 Å². The van der Waals surface area contributed by atoms with E-state index < -0.39 is 0 Å². The van der Waals surface area contributed by atoms with E-state index in [9.17, 15) is 0 Å². The fourth-order valence-corrected chi connectivity index (χ4v) is 2.57. The molecule has 0 heterocycles. The van der Waals surface area contributed by atoms with E-state index in [-0.39, 0.29) is 0 Å². The average Bonchev–Trinajstić information content (AvgIpc) is 2.30. The second-order valence-electron chi connectivity index (χ2n) is 4.47. The quantitative estimate of drug-likeness (QED) is 0.738. The van der Waals surface area contributed by atoms with Gasteiger partial charge in [-0.3, -0.25) is 0 Å². The van der Waals surface area contributed by atoms with Crippen molar-refractivity contribution in [1.29, 1.82) is 0 Å². The first-order valence-corrected chi connectivity index (χ1v) is 6.70. The molecule has 0 bridgehead atoms. The van der Waals surface area contributed by atoms with Gasteiger partial charge in [0.05, 0.1) is 0 Å². The van der Waals surface area contributed by atoms with E-state index in [0.717, 1.165) is 5.92 Å². The molecule has 0 aromatic heterocycles. The molecule has 2 rings (SSSR count). The molecule has 1 fully saturated rings. The Morgan fingerprint density at radius 3 is 2.40 bits per heavy atom. The SMILES string of the molecule is Brc1ccc(CCC2CC[CH]CC2)cc1. The molecular weight excluding hydrogens is 248 g/mol. The van der Waals surface area contributed by atoms with Crippen LogP contribution in [-0.4, -0.2) is 0 Å². The van der Waals surface area contributed by atoms with Crippen LogP contribution < -0.4 is 0 Å². The molecule has 0 atom stereocenters. The van der Waals surface area contributed by atoms with Gasteiger partial charge in [0, 0.05) is 4.47 Å². The fraction of sp³-hybridized carbons (Fsp3) is 0.500. The van der Waals surface area contributed by atoms with Crippen LogP contribution in [0.4, 0.5) is 0 Å². The number of aryl methyl sites for hydroxylation is 1. The highest BCUT2D eigenvalue weighted by Crippen LogP contribution is 2.27. The molecule has 1 aliphatic carbocycles. The third kappa shape index (κ3) is 3.64. The maximum atomic E-state index is 3.47. The maximum absolute atomic E-state index is 3.47. The third-order valence-corrected chi connectivity index (χ3v) is 3.84. The minimum absolute atomic E-state index is 0.971. The Morgan fingerprint density at radius 1 is 1.07 bits per heavy atom. The van der Waals surface area contributed by atoms with Gasteiger partial charge in [0.1, 0.15) is 0 Å². The number of rotatable bonds is 3. The second-order valence-corrected chi connectivity index (χ2v) is 5.39. The van der Waals surface area contributed by atoms with Crippen LogP contribution >= 0.6 is 15.9 Å². The van der Waals surface area contributed by atoms with Crippen LogP contribution in [0.15, 0.2) is 28.7 Å². The normalized spacial score (nSPS) is 17.9. The molecule has 1 aromatic rings. The van der Waals surface area contributed by atoms with Crippen molar-refractivity contribution in [3.05, 3.63) is 40.7 Å². The molecule has 1 saturated carbocycles. The molecule has 15 heavy (non-hydrogen) atoms. The lowest BCUT2D eigenvalue weighted by Crippen LogP contribution is -2.07. The Labute approximate surface area is 101 Å². The Hall–Kier alpha value is -0.300. The average molecular weight is 266 g/mol. The zero-order valence-electron chi connectivity index (χ0n) is 9.08. The molecule has 0 N–H and O–H groups in total. The van der Waals surface area contributed by atoms with E-state index in [1.807, 2.05) is 0 Å². The van der Waals surface area contributed by atoms with Gasteiger partial charge in [0.25, 0.3) is 0 Å². The summed E-state index contributed by atoms with van der Waals surface area (Å²) in [6.07, 6.45) is 10.6. The zero-order valence-corrected chi connectivity index (χ0v) is 10.7. The van der Waals surface area contributed by atoms with Crippen molar-refractivity contribution in [2.75, 3.05) is 0 Å². The summed E-state index contributed by atoms with van der Waals surface area (Å²) in [5.41, 5.74) is 1.48. The lowest BCUT2D eigenvalue weighted by molar-refractivity contribution is 0.381. The van der Waals surface area contributed by atoms with Gasteiger partial charge < -0.3 is 0 Å². The van der Waals surface area contributed by atoms with Crippen LogP contribution in [0.2, 0.25) is 0 Å². The van der Waals surface area contributed by atoms with Gasteiger partial charge in [-0.2, -0.15) is 0 Å². The monoisotopic (exact) mass is 265 g/mol. The van der Waals surface area contributed by atoms with Gasteiger partial charge in [-0.1, -0.05) is 40.9 Å². The number of hydrogen-bond donors (Lipinski definition) is 0. The Balaban J connectivity index is 1.79. The van der Waals surface area contributed by atoms with Crippen molar-refractivity contribution in [3.63, 3.8) is 0 Å². The van der Waals surface area contributed by atoms with Crippen LogP contribution in [0.3, 0.4) is 0 Å². The Kier molecular flexibility index (Phi) is 4.25. The Morgan fingerprint density at radius 2 is 1.73 bits per heavy atom. The van der Waals surface area contributed by atoms with Gasteiger partial charge in [-0.15, -0.1) is 0 Å². The molecule has 81 valence electrons. The van der Waals surface area contributed by atoms with Gasteiger partial charge >= 0.3 is 0 Å². The fourth-order valence-electron chi connectivity index (χ4n) is 2.31. The standard InChI is InChI=1S/C14H18Br/c15-14-10-8-13(9-11-14)7-6-12-4-2-1-3-5-12/h1,8-12H,2-7H2. The smallest absolute Gasteiger partial charge is 0.0175 e. The van der Waals surface area contributed by atoms with Crippen molar-refractivity contribution in [1.82, 2.24) is 0 Å². The summed E-state index contributed by atoms with van der Waals surface area (Å²) in [6, 6.07) is 8.76. The molecule has 1 radical (unpaired) electrons. The van der Waals surface area contributed by atoms with Gasteiger partial charge in [0.2, 0.25) is 0 Å². The van der Waals surface area contributed by atoms with Crippen molar-refractivity contribution >= 4 is 15.9 Å². The van der Waals surface area contributed by atoms with E-state index in [1.54, 1.807) is 0 Å². The van der Waals surface area contributed by atoms with Crippen LogP contribution in [0.25, 0.3) is 0 Å². The van der Waals surface area contributed by atoms with Crippen LogP contribution in [0, 0.1) is 12.3 Å². The largest absolute Gasteiger partial charge is 0.0579 e. The van der Waals surface area contributed by atoms with Gasteiger partial charge in [-0.05, 0) is 55.7 Å². The Bertz CT molecular complexity index is 283. The molecule has 0 unspecified atom stereocenters. The predicted molar refractivity (Wildman–Crippen MR) is 68.7 cm³/mol. The first-order chi connectivity index (χ1) is 7.34. The second kappa shape index (κ2) is 5.69. The van der Waals surface area contributed by atoms with Crippen molar-refractivity contribution in [2.45, 2.75) is 38.5 Å². The summed E-state index contributed by atoms with van der Waals surface area (Å²) in [5.74, 6) is 0.971. The van der Waals surface area contributed by atoms with Gasteiger partial charge in [-0.25, -0.2) is 0 Å². The summed E-state index contributed by atoms with van der Waals surface area (Å²) in [7, 11) is 0. The summed E-state index contributed by atoms with van der Waals surface area (Å²) in [6.45, 7) is 0. The molecule has 1 heteroatoms.